The van der Waals surface area contributed by atoms with E-state index >= 15 is 0 Å². The van der Waals surface area contributed by atoms with Gasteiger partial charge in [0.2, 0.25) is 0 Å². The van der Waals surface area contributed by atoms with Crippen molar-refractivity contribution in [2.75, 3.05) is 13.1 Å². The zero-order valence-corrected chi connectivity index (χ0v) is 11.1. The Kier molecular flexibility index (Phi) is 15.5. The molecule has 0 saturated heterocycles. The van der Waals surface area contributed by atoms with E-state index in [0.29, 0.717) is 0 Å². The number of nitrogens with one attached hydrogen (secondary N) is 2. The van der Waals surface area contributed by atoms with Crippen LogP contribution in [-0.2, 0) is 0 Å². The zero-order valence-electron chi connectivity index (χ0n) is 11.1. The summed E-state index contributed by atoms with van der Waals surface area (Å²) in [6, 6.07) is -0.0741. The van der Waals surface area contributed by atoms with Crippen LogP contribution in [0.25, 0.3) is 0 Å². The number of hydrogen-bond acceptors (Lipinski definition) is 3. The van der Waals surface area contributed by atoms with Crippen LogP contribution >= 0.6 is 0 Å². The van der Waals surface area contributed by atoms with Gasteiger partial charge in [0.25, 0.3) is 0 Å². The van der Waals surface area contributed by atoms with Crippen molar-refractivity contribution in [2.24, 2.45) is 0 Å². The summed E-state index contributed by atoms with van der Waals surface area (Å²) in [7, 11) is 0. The number of nitrogens with zero attached hydrogens (tertiary/aromatic N) is 1. The first kappa shape index (κ1) is 17.6. The lowest BCUT2D eigenvalue weighted by molar-refractivity contribution is -0.549. The molecule has 0 bridgehead atoms. The van der Waals surface area contributed by atoms with Crippen molar-refractivity contribution in [2.45, 2.75) is 59.4 Å². The molecule has 2 N–H and O–H groups in total. The van der Waals surface area contributed by atoms with Crippen molar-refractivity contribution in [1.82, 2.24) is 10.7 Å². The minimum atomic E-state index is -0.551. The fourth-order valence-corrected chi connectivity index (χ4v) is 0.939. The summed E-state index contributed by atoms with van der Waals surface area (Å²) in [4.78, 5) is 9.50. The lowest BCUT2D eigenvalue weighted by Gasteiger charge is -1.99. The minimum absolute atomic E-state index is 0.0741. The van der Waals surface area contributed by atoms with Gasteiger partial charge in [0, 0.05) is 0 Å². The lowest BCUT2D eigenvalue weighted by atomic mass is 10.3. The highest BCUT2D eigenvalue weighted by molar-refractivity contribution is 4.45. The first-order valence-electron chi connectivity index (χ1n) is 6.15. The third-order valence-electron chi connectivity index (χ3n) is 1.78. The largest absolute Gasteiger partial charge is 0.317 e. The Labute approximate surface area is 99.1 Å². The fourth-order valence-electron chi connectivity index (χ4n) is 0.939. The average Bonchev–Trinajstić information content (AvgIpc) is 2.16. The van der Waals surface area contributed by atoms with E-state index in [1.165, 1.54) is 38.8 Å². The monoisotopic (exact) mass is 233 g/mol. The number of hydrazine groups is 1. The maximum absolute atomic E-state index is 9.50. The highest BCUT2D eigenvalue weighted by Gasteiger charge is 1.95. The molecule has 98 valence electrons. The predicted octanol–water partition coefficient (Wildman–Crippen LogP) is 2.35. The van der Waals surface area contributed by atoms with E-state index in [0.717, 1.165) is 0 Å². The molecular weight excluding hydrogens is 206 g/mol. The zero-order chi connectivity index (χ0) is 12.8. The van der Waals surface area contributed by atoms with Crippen LogP contribution in [0.3, 0.4) is 0 Å². The smallest absolute Gasteiger partial charge is 0.157 e. The Bertz CT molecular complexity index is 146. The van der Waals surface area contributed by atoms with Crippen LogP contribution in [-0.4, -0.2) is 24.2 Å². The number of unbranched alkanes of at least 4 members (excludes halogenated alkanes) is 2. The van der Waals surface area contributed by atoms with Gasteiger partial charge in [-0.25, -0.2) is 10.1 Å². The van der Waals surface area contributed by atoms with Crippen molar-refractivity contribution in [3.05, 3.63) is 10.1 Å². The number of nitro groups is 1. The number of rotatable bonds is 8. The molecule has 0 rings (SSSR count). The quantitative estimate of drug-likeness (QED) is 0.383. The minimum Gasteiger partial charge on any atom is -0.317 e. The third kappa shape index (κ3) is 23.2. The van der Waals surface area contributed by atoms with Gasteiger partial charge in [-0.05, 0) is 39.8 Å². The van der Waals surface area contributed by atoms with Gasteiger partial charge in [-0.2, -0.15) is 0 Å². The summed E-state index contributed by atoms with van der Waals surface area (Å²) < 4.78 is 0. The van der Waals surface area contributed by atoms with Gasteiger partial charge < -0.3 is 5.32 Å². The molecule has 0 spiro atoms. The summed E-state index contributed by atoms with van der Waals surface area (Å²) >= 11 is 0. The molecule has 0 aromatic carbocycles. The first-order valence-corrected chi connectivity index (χ1v) is 6.15. The summed E-state index contributed by atoms with van der Waals surface area (Å²) in [5.74, 6) is 0. The second kappa shape index (κ2) is 14.2. The van der Waals surface area contributed by atoms with Gasteiger partial charge in [0.1, 0.15) is 0 Å². The predicted molar refractivity (Wildman–Crippen MR) is 68.0 cm³/mol. The van der Waals surface area contributed by atoms with Gasteiger partial charge in [-0.1, -0.05) is 26.7 Å². The molecule has 0 aliphatic rings. The molecule has 0 unspecified atom stereocenters. The Morgan fingerprint density at radius 2 is 1.56 bits per heavy atom. The fraction of sp³-hybridized carbons (Fsp3) is 1.00. The molecule has 0 saturated carbocycles. The molecule has 0 amide bonds. The van der Waals surface area contributed by atoms with Gasteiger partial charge in [-0.3, -0.25) is 0 Å². The van der Waals surface area contributed by atoms with Gasteiger partial charge in [0.05, 0.1) is 6.04 Å². The van der Waals surface area contributed by atoms with Crippen LogP contribution in [0.1, 0.15) is 53.4 Å². The van der Waals surface area contributed by atoms with Crippen LogP contribution in [0, 0.1) is 10.1 Å². The molecule has 0 heterocycles. The van der Waals surface area contributed by atoms with E-state index < -0.39 is 5.03 Å². The molecule has 0 aromatic rings. The average molecular weight is 233 g/mol. The second-order valence-electron chi connectivity index (χ2n) is 4.00. The molecule has 5 nitrogen and oxygen atoms in total. The second-order valence-corrected chi connectivity index (χ2v) is 4.00. The molecule has 0 aliphatic heterocycles. The molecule has 0 fully saturated rings. The SMILES string of the molecule is CC(C)N[N+](=O)[O-].CCCCNCCCC. The topological polar surface area (TPSA) is 67.2 Å². The van der Waals surface area contributed by atoms with Gasteiger partial charge in [-0.15, -0.1) is 5.43 Å². The van der Waals surface area contributed by atoms with Gasteiger partial charge in [0.15, 0.2) is 5.03 Å². The van der Waals surface area contributed by atoms with Crippen LogP contribution in [0.15, 0.2) is 0 Å². The van der Waals surface area contributed by atoms with Crippen molar-refractivity contribution in [1.29, 1.82) is 0 Å². The summed E-state index contributed by atoms with van der Waals surface area (Å²) in [5, 5.41) is 12.3. The van der Waals surface area contributed by atoms with Crippen LogP contribution in [0.5, 0.6) is 0 Å². The van der Waals surface area contributed by atoms with Crippen molar-refractivity contribution in [3.63, 3.8) is 0 Å². The highest BCUT2D eigenvalue weighted by atomic mass is 16.7. The number of hydrogen-bond donors (Lipinski definition) is 2. The molecule has 0 radical (unpaired) electrons. The van der Waals surface area contributed by atoms with E-state index in [1.807, 2.05) is 5.43 Å². The van der Waals surface area contributed by atoms with Crippen molar-refractivity contribution in [3.8, 4) is 0 Å². The van der Waals surface area contributed by atoms with Crippen molar-refractivity contribution >= 4 is 0 Å². The molecule has 0 aliphatic carbocycles. The third-order valence-corrected chi connectivity index (χ3v) is 1.78. The summed E-state index contributed by atoms with van der Waals surface area (Å²) in [6.07, 6.45) is 5.26. The first-order chi connectivity index (χ1) is 7.54. The van der Waals surface area contributed by atoms with Crippen molar-refractivity contribution < 1.29 is 5.03 Å². The normalized spacial score (nSPS) is 9.56. The van der Waals surface area contributed by atoms with Gasteiger partial charge >= 0.3 is 0 Å². The van der Waals surface area contributed by atoms with Crippen LogP contribution < -0.4 is 10.7 Å². The molecule has 16 heavy (non-hydrogen) atoms. The Balaban J connectivity index is 0. The Morgan fingerprint density at radius 3 is 1.75 bits per heavy atom. The lowest BCUT2D eigenvalue weighted by Crippen LogP contribution is -2.28. The molecule has 5 heteroatoms. The van der Waals surface area contributed by atoms with E-state index in [1.54, 1.807) is 13.8 Å². The Hall–Kier alpha value is -0.840. The van der Waals surface area contributed by atoms with E-state index in [9.17, 15) is 10.1 Å². The molecular formula is C11H27N3O2. The van der Waals surface area contributed by atoms with E-state index in [2.05, 4.69) is 19.2 Å². The molecule has 0 atom stereocenters. The Morgan fingerprint density at radius 1 is 1.12 bits per heavy atom. The standard InChI is InChI=1S/C8H19N.C3H8N2O2/c1-3-5-7-9-8-6-4-2;1-3(2)4-5(6)7/h9H,3-8H2,1-2H3;3-4H,1-2H3. The maximum Gasteiger partial charge on any atom is 0.157 e. The van der Waals surface area contributed by atoms with E-state index in [-0.39, 0.29) is 6.04 Å². The molecule has 0 aromatic heterocycles. The summed E-state index contributed by atoms with van der Waals surface area (Å²) in [6.45, 7) is 10.3. The summed E-state index contributed by atoms with van der Waals surface area (Å²) in [5.41, 5.74) is 2.03. The van der Waals surface area contributed by atoms with E-state index in [4.69, 9.17) is 0 Å². The van der Waals surface area contributed by atoms with Crippen LogP contribution in [0.4, 0.5) is 0 Å². The highest BCUT2D eigenvalue weighted by Crippen LogP contribution is 1.85. The van der Waals surface area contributed by atoms with Crippen LogP contribution in [0.2, 0.25) is 0 Å². The maximum atomic E-state index is 9.50.